The van der Waals surface area contributed by atoms with Gasteiger partial charge in [0.15, 0.2) is 0 Å². The molecule has 1 aliphatic carbocycles. The topological polar surface area (TPSA) is 70.7 Å². The van der Waals surface area contributed by atoms with E-state index in [0.29, 0.717) is 30.5 Å². The number of rotatable bonds is 4. The predicted molar refractivity (Wildman–Crippen MR) is 112 cm³/mol. The van der Waals surface area contributed by atoms with Gasteiger partial charge in [0, 0.05) is 18.3 Å². The summed E-state index contributed by atoms with van der Waals surface area (Å²) in [6.45, 7) is 8.94. The Hall–Kier alpha value is -2.24. The summed E-state index contributed by atoms with van der Waals surface area (Å²) in [5, 5.41) is 5.99. The lowest BCUT2D eigenvalue weighted by atomic mass is 9.92. The fourth-order valence-corrected chi connectivity index (χ4v) is 3.87. The summed E-state index contributed by atoms with van der Waals surface area (Å²) in [6.07, 6.45) is 5.67. The maximum Gasteiger partial charge on any atom is 0.319 e. The van der Waals surface area contributed by atoms with Gasteiger partial charge in [-0.2, -0.15) is 0 Å². The van der Waals surface area contributed by atoms with Crippen molar-refractivity contribution >= 4 is 23.3 Å². The van der Waals surface area contributed by atoms with Crippen molar-refractivity contribution in [3.8, 4) is 5.75 Å². The van der Waals surface area contributed by atoms with Crippen molar-refractivity contribution in [2.45, 2.75) is 65.8 Å². The normalized spacial score (nSPS) is 19.6. The number of nitrogens with zero attached hydrogens (tertiary/aromatic N) is 1. The van der Waals surface area contributed by atoms with Crippen LogP contribution in [0.15, 0.2) is 18.2 Å². The number of ether oxygens (including phenoxy) is 1. The zero-order valence-electron chi connectivity index (χ0n) is 17.5. The Kier molecular flexibility index (Phi) is 6.16. The number of benzene rings is 1. The second kappa shape index (κ2) is 8.41. The molecule has 1 fully saturated rings. The molecular weight excluding hydrogens is 354 g/mol. The third kappa shape index (κ3) is 4.78. The average molecular weight is 388 g/mol. The van der Waals surface area contributed by atoms with E-state index >= 15 is 0 Å². The van der Waals surface area contributed by atoms with Crippen molar-refractivity contribution in [1.82, 2.24) is 5.32 Å². The van der Waals surface area contributed by atoms with E-state index in [1.807, 2.05) is 32.0 Å². The molecule has 28 heavy (non-hydrogen) atoms. The Bertz CT molecular complexity index is 724. The number of nitrogens with one attached hydrogen (secondary N) is 2. The second-order valence-corrected chi connectivity index (χ2v) is 9.10. The molecule has 154 valence electrons. The highest BCUT2D eigenvalue weighted by atomic mass is 16.5. The highest BCUT2D eigenvalue weighted by molar-refractivity contribution is 6.00. The Morgan fingerprint density at radius 3 is 2.64 bits per heavy atom. The third-order valence-corrected chi connectivity index (χ3v) is 5.41. The molecule has 0 bridgehead atoms. The third-order valence-electron chi connectivity index (χ3n) is 5.41. The Morgan fingerprint density at radius 2 is 1.96 bits per heavy atom. The summed E-state index contributed by atoms with van der Waals surface area (Å²) in [4.78, 5) is 27.3. The molecule has 6 heteroatoms. The van der Waals surface area contributed by atoms with Crippen LogP contribution < -0.4 is 20.3 Å². The molecule has 0 spiro atoms. The van der Waals surface area contributed by atoms with Crippen molar-refractivity contribution in [1.29, 1.82) is 0 Å². The van der Waals surface area contributed by atoms with Crippen LogP contribution in [0.1, 0.15) is 59.8 Å². The van der Waals surface area contributed by atoms with E-state index in [-0.39, 0.29) is 18.0 Å². The van der Waals surface area contributed by atoms with Crippen molar-refractivity contribution in [2.75, 3.05) is 23.4 Å². The summed E-state index contributed by atoms with van der Waals surface area (Å²) in [7, 11) is 0. The molecule has 3 amide bonds. The van der Waals surface area contributed by atoms with Crippen LogP contribution in [0.3, 0.4) is 0 Å². The predicted octanol–water partition coefficient (Wildman–Crippen LogP) is 4.55. The van der Waals surface area contributed by atoms with Gasteiger partial charge in [-0.15, -0.1) is 0 Å². The number of anilines is 2. The van der Waals surface area contributed by atoms with E-state index in [0.717, 1.165) is 18.5 Å². The Labute approximate surface area is 168 Å². The summed E-state index contributed by atoms with van der Waals surface area (Å²) in [6, 6.07) is 5.57. The van der Waals surface area contributed by atoms with Crippen LogP contribution in [-0.2, 0) is 4.79 Å². The number of amides is 3. The molecule has 6 nitrogen and oxygen atoms in total. The lowest BCUT2D eigenvalue weighted by molar-refractivity contribution is -0.127. The van der Waals surface area contributed by atoms with Gasteiger partial charge in [0.1, 0.15) is 12.4 Å². The number of hydrogen-bond donors (Lipinski definition) is 2. The van der Waals surface area contributed by atoms with Gasteiger partial charge in [0.2, 0.25) is 5.91 Å². The zero-order valence-corrected chi connectivity index (χ0v) is 17.5. The van der Waals surface area contributed by atoms with Gasteiger partial charge in [-0.3, -0.25) is 4.79 Å². The second-order valence-electron chi connectivity index (χ2n) is 9.10. The molecule has 3 rings (SSSR count). The van der Waals surface area contributed by atoms with E-state index in [1.165, 1.54) is 19.3 Å². The number of carbonyl (C=O) groups is 2. The van der Waals surface area contributed by atoms with Gasteiger partial charge in [-0.1, -0.05) is 33.1 Å². The molecule has 1 aliphatic heterocycles. The quantitative estimate of drug-likeness (QED) is 0.796. The highest BCUT2D eigenvalue weighted by Crippen LogP contribution is 2.38. The first-order chi connectivity index (χ1) is 13.3. The van der Waals surface area contributed by atoms with Crippen LogP contribution in [-0.4, -0.2) is 31.1 Å². The molecule has 0 saturated heterocycles. The lowest BCUT2D eigenvalue weighted by Gasteiger charge is -2.29. The largest absolute Gasteiger partial charge is 0.490 e. The molecule has 1 aromatic rings. The molecule has 2 aliphatic rings. The molecule has 1 aromatic carbocycles. The fourth-order valence-electron chi connectivity index (χ4n) is 3.87. The van der Waals surface area contributed by atoms with Crippen LogP contribution in [0, 0.1) is 11.3 Å². The number of fused-ring (bicyclic) bond motifs is 1. The van der Waals surface area contributed by atoms with E-state index in [1.54, 1.807) is 4.90 Å². The van der Waals surface area contributed by atoms with Gasteiger partial charge < -0.3 is 20.3 Å². The highest BCUT2D eigenvalue weighted by Gasteiger charge is 2.38. The molecule has 1 heterocycles. The van der Waals surface area contributed by atoms with Crippen LogP contribution in [0.25, 0.3) is 0 Å². The summed E-state index contributed by atoms with van der Waals surface area (Å²) in [5.74, 6) is 1.04. The molecule has 0 atom stereocenters. The molecule has 0 unspecified atom stereocenters. The minimum atomic E-state index is -0.597. The van der Waals surface area contributed by atoms with Crippen molar-refractivity contribution in [3.05, 3.63) is 18.2 Å². The Morgan fingerprint density at radius 1 is 1.25 bits per heavy atom. The van der Waals surface area contributed by atoms with Gasteiger partial charge >= 0.3 is 6.03 Å². The van der Waals surface area contributed by atoms with Crippen LogP contribution in [0.5, 0.6) is 5.75 Å². The lowest BCUT2D eigenvalue weighted by Crippen LogP contribution is -2.43. The monoisotopic (exact) mass is 387 g/mol. The average Bonchev–Trinajstić information content (AvgIpc) is 2.73. The Balaban J connectivity index is 1.79. The molecule has 0 aromatic heterocycles. The number of urea groups is 1. The fraction of sp³-hybridized carbons (Fsp3) is 0.636. The minimum absolute atomic E-state index is 0.0451. The number of carbonyl (C=O) groups excluding carboxylic acids is 2. The van der Waals surface area contributed by atoms with Crippen LogP contribution in [0.4, 0.5) is 16.2 Å². The van der Waals surface area contributed by atoms with Crippen molar-refractivity contribution in [3.63, 3.8) is 0 Å². The van der Waals surface area contributed by atoms with E-state index < -0.39 is 5.41 Å². The van der Waals surface area contributed by atoms with Gasteiger partial charge in [-0.25, -0.2) is 4.79 Å². The summed E-state index contributed by atoms with van der Waals surface area (Å²) >= 11 is 0. The van der Waals surface area contributed by atoms with Crippen LogP contribution in [0.2, 0.25) is 0 Å². The first kappa shape index (κ1) is 20.5. The number of hydrogen-bond acceptors (Lipinski definition) is 3. The van der Waals surface area contributed by atoms with Crippen LogP contribution >= 0.6 is 0 Å². The molecule has 0 radical (unpaired) electrons. The first-order valence-electron chi connectivity index (χ1n) is 10.4. The van der Waals surface area contributed by atoms with Gasteiger partial charge in [0.25, 0.3) is 0 Å². The standard InChI is InChI=1S/C22H33N3O3/c1-15(2)13-25-18-12-17(24-21(27)23-16-8-6-5-7-9-16)10-11-19(18)28-14-22(3,4)20(25)26/h10-12,15-16H,5-9,13-14H2,1-4H3,(H2,23,24,27). The maximum atomic E-state index is 13.1. The minimum Gasteiger partial charge on any atom is -0.490 e. The smallest absolute Gasteiger partial charge is 0.319 e. The van der Waals surface area contributed by atoms with E-state index in [9.17, 15) is 9.59 Å². The first-order valence-corrected chi connectivity index (χ1v) is 10.4. The summed E-state index contributed by atoms with van der Waals surface area (Å²) in [5.41, 5.74) is 0.788. The summed E-state index contributed by atoms with van der Waals surface area (Å²) < 4.78 is 5.94. The molecule has 1 saturated carbocycles. The van der Waals surface area contributed by atoms with Gasteiger partial charge in [0.05, 0.1) is 11.1 Å². The van der Waals surface area contributed by atoms with Gasteiger partial charge in [-0.05, 0) is 50.8 Å². The maximum absolute atomic E-state index is 13.1. The molecular formula is C22H33N3O3. The van der Waals surface area contributed by atoms with Crippen molar-refractivity contribution in [2.24, 2.45) is 11.3 Å². The zero-order chi connectivity index (χ0) is 20.3. The van der Waals surface area contributed by atoms with E-state index in [4.69, 9.17) is 4.74 Å². The molecule has 2 N–H and O–H groups in total. The van der Waals surface area contributed by atoms with Crippen molar-refractivity contribution < 1.29 is 14.3 Å². The van der Waals surface area contributed by atoms with E-state index in [2.05, 4.69) is 24.5 Å². The SMILES string of the molecule is CC(C)CN1C(=O)C(C)(C)COc2ccc(NC(=O)NC3CCCCC3)cc21.